The number of nitrogens with one attached hydrogen (secondary N) is 1. The smallest absolute Gasteiger partial charge is 0.262 e. The van der Waals surface area contributed by atoms with E-state index in [1.165, 1.54) is 30.3 Å². The molecule has 3 rings (SSSR count). The number of ether oxygens (including phenoxy) is 1. The molecule has 1 aliphatic heterocycles. The number of rotatable bonds is 4. The van der Waals surface area contributed by atoms with Crippen molar-refractivity contribution in [2.75, 3.05) is 31.0 Å². The largest absolute Gasteiger partial charge is 0.378 e. The van der Waals surface area contributed by atoms with E-state index in [1.807, 2.05) is 0 Å². The van der Waals surface area contributed by atoms with Gasteiger partial charge < -0.3 is 9.64 Å². The third kappa shape index (κ3) is 4.60. The fourth-order valence-corrected chi connectivity index (χ4v) is 4.07. The Morgan fingerprint density at radius 2 is 1.89 bits per heavy atom. The first-order chi connectivity index (χ1) is 12.8. The van der Waals surface area contributed by atoms with Crippen LogP contribution in [0.25, 0.3) is 0 Å². The molecule has 0 bridgehead atoms. The molecular formula is C17H15BrClFN2O4S. The fraction of sp³-hybridized carbons (Fsp3) is 0.235. The zero-order chi connectivity index (χ0) is 19.6. The number of carbonyl (C=O) groups excluding carboxylic acids is 1. The normalized spacial score (nSPS) is 14.9. The van der Waals surface area contributed by atoms with Gasteiger partial charge in [-0.15, -0.1) is 0 Å². The average molecular weight is 478 g/mol. The van der Waals surface area contributed by atoms with Gasteiger partial charge in [-0.1, -0.05) is 11.6 Å². The number of morpholine rings is 1. The topological polar surface area (TPSA) is 75.7 Å². The molecule has 0 aromatic heterocycles. The fourth-order valence-electron chi connectivity index (χ4n) is 2.57. The van der Waals surface area contributed by atoms with Gasteiger partial charge >= 0.3 is 0 Å². The summed E-state index contributed by atoms with van der Waals surface area (Å²) in [6.45, 7) is 1.65. The summed E-state index contributed by atoms with van der Waals surface area (Å²) in [5.74, 6) is -1.05. The Kier molecular flexibility index (Phi) is 6.05. The van der Waals surface area contributed by atoms with Gasteiger partial charge in [0.15, 0.2) is 0 Å². The second-order valence-electron chi connectivity index (χ2n) is 5.78. The van der Waals surface area contributed by atoms with E-state index in [2.05, 4.69) is 20.7 Å². The lowest BCUT2D eigenvalue weighted by Gasteiger charge is -2.27. The third-order valence-corrected chi connectivity index (χ3v) is 6.20. The molecular weight excluding hydrogens is 463 g/mol. The van der Waals surface area contributed by atoms with Gasteiger partial charge in [-0.05, 0) is 52.3 Å². The number of anilines is 1. The highest BCUT2D eigenvalue weighted by Gasteiger charge is 2.24. The van der Waals surface area contributed by atoms with Crippen molar-refractivity contribution in [3.8, 4) is 0 Å². The minimum absolute atomic E-state index is 0.0299. The quantitative estimate of drug-likeness (QED) is 0.731. The monoisotopic (exact) mass is 476 g/mol. The molecule has 1 saturated heterocycles. The number of halogens is 3. The average Bonchev–Trinajstić information content (AvgIpc) is 2.64. The van der Waals surface area contributed by atoms with E-state index >= 15 is 0 Å². The molecule has 2 aromatic rings. The van der Waals surface area contributed by atoms with Crippen LogP contribution in [0, 0.1) is 5.82 Å². The van der Waals surface area contributed by atoms with Crippen LogP contribution in [0.15, 0.2) is 45.8 Å². The highest BCUT2D eigenvalue weighted by Crippen LogP contribution is 2.27. The van der Waals surface area contributed by atoms with Gasteiger partial charge in [0.25, 0.3) is 15.9 Å². The summed E-state index contributed by atoms with van der Waals surface area (Å²) in [6, 6.07) is 7.75. The summed E-state index contributed by atoms with van der Waals surface area (Å²) in [6.07, 6.45) is 0. The summed E-state index contributed by atoms with van der Waals surface area (Å²) in [4.78, 5) is 14.1. The highest BCUT2D eigenvalue weighted by atomic mass is 79.9. The number of carbonyl (C=O) groups is 1. The molecule has 2 aromatic carbocycles. The molecule has 1 N–H and O–H groups in total. The molecule has 0 unspecified atom stereocenters. The summed E-state index contributed by atoms with van der Waals surface area (Å²) in [7, 11) is -4.12. The zero-order valence-corrected chi connectivity index (χ0v) is 17.1. The molecule has 0 atom stereocenters. The van der Waals surface area contributed by atoms with Crippen molar-refractivity contribution in [1.82, 2.24) is 4.90 Å². The predicted molar refractivity (Wildman–Crippen MR) is 103 cm³/mol. The summed E-state index contributed by atoms with van der Waals surface area (Å²) in [5, 5.41) is 0.258. The Labute approximate surface area is 169 Å². The number of benzene rings is 2. The number of sulfonamides is 1. The van der Waals surface area contributed by atoms with Gasteiger partial charge in [0.2, 0.25) is 0 Å². The molecule has 1 fully saturated rings. The van der Waals surface area contributed by atoms with E-state index in [-0.39, 0.29) is 31.5 Å². The molecule has 10 heteroatoms. The van der Waals surface area contributed by atoms with Crippen LogP contribution in [0.5, 0.6) is 0 Å². The molecule has 144 valence electrons. The van der Waals surface area contributed by atoms with Gasteiger partial charge in [0.05, 0.1) is 33.8 Å². The van der Waals surface area contributed by atoms with Gasteiger partial charge in [-0.25, -0.2) is 12.8 Å². The lowest BCUT2D eigenvalue weighted by atomic mass is 10.1. The van der Waals surface area contributed by atoms with E-state index < -0.39 is 15.8 Å². The molecule has 1 aliphatic rings. The maximum Gasteiger partial charge on any atom is 0.262 e. The van der Waals surface area contributed by atoms with Crippen LogP contribution >= 0.6 is 27.5 Å². The summed E-state index contributed by atoms with van der Waals surface area (Å²) in [5.41, 5.74) is 0.185. The Morgan fingerprint density at radius 3 is 2.56 bits per heavy atom. The van der Waals surface area contributed by atoms with Gasteiger partial charge in [-0.2, -0.15) is 0 Å². The Bertz CT molecular complexity index is 981. The van der Waals surface area contributed by atoms with Crippen LogP contribution in [0.4, 0.5) is 10.1 Å². The van der Waals surface area contributed by atoms with E-state index in [1.54, 1.807) is 4.90 Å². The van der Waals surface area contributed by atoms with E-state index in [9.17, 15) is 17.6 Å². The van der Waals surface area contributed by atoms with Crippen molar-refractivity contribution < 1.29 is 22.3 Å². The number of nitrogens with zero attached hydrogens (tertiary/aromatic N) is 1. The minimum atomic E-state index is -4.12. The van der Waals surface area contributed by atoms with Crippen LogP contribution < -0.4 is 4.72 Å². The molecule has 0 radical (unpaired) electrons. The highest BCUT2D eigenvalue weighted by molar-refractivity contribution is 9.10. The van der Waals surface area contributed by atoms with Crippen molar-refractivity contribution >= 4 is 49.1 Å². The van der Waals surface area contributed by atoms with Crippen molar-refractivity contribution in [3.63, 3.8) is 0 Å². The van der Waals surface area contributed by atoms with Crippen molar-refractivity contribution in [2.45, 2.75) is 4.90 Å². The number of hydrogen-bond donors (Lipinski definition) is 1. The van der Waals surface area contributed by atoms with E-state index in [4.69, 9.17) is 16.3 Å². The van der Waals surface area contributed by atoms with Crippen LogP contribution in [-0.2, 0) is 14.8 Å². The molecule has 1 amide bonds. The maximum atomic E-state index is 13.7. The van der Waals surface area contributed by atoms with Gasteiger partial charge in [0.1, 0.15) is 5.82 Å². The minimum Gasteiger partial charge on any atom is -0.378 e. The lowest BCUT2D eigenvalue weighted by Crippen LogP contribution is -2.41. The molecule has 0 spiro atoms. The van der Waals surface area contributed by atoms with Crippen LogP contribution in [0.3, 0.4) is 0 Å². The van der Waals surface area contributed by atoms with Crippen molar-refractivity contribution in [2.24, 2.45) is 0 Å². The summed E-state index contributed by atoms with van der Waals surface area (Å²) < 4.78 is 46.7. The molecule has 27 heavy (non-hydrogen) atoms. The first-order valence-electron chi connectivity index (χ1n) is 7.92. The summed E-state index contributed by atoms with van der Waals surface area (Å²) >= 11 is 8.96. The standard InChI is InChI=1S/C17H15BrClFN2O4S/c18-14-4-2-12(10-15(14)20)27(24,25)21-16-9-11(19)1-3-13(16)17(23)22-5-7-26-8-6-22/h1-4,9-10,21H,5-8H2. The van der Waals surface area contributed by atoms with Crippen molar-refractivity contribution in [3.05, 3.63) is 57.3 Å². The van der Waals surface area contributed by atoms with Gasteiger partial charge in [0, 0.05) is 18.1 Å². The third-order valence-electron chi connectivity index (χ3n) is 3.96. The number of amides is 1. The zero-order valence-electron chi connectivity index (χ0n) is 13.9. The first kappa shape index (κ1) is 20.1. The van der Waals surface area contributed by atoms with Crippen LogP contribution in [0.2, 0.25) is 5.02 Å². The Balaban J connectivity index is 1.94. The van der Waals surface area contributed by atoms with Crippen LogP contribution in [-0.4, -0.2) is 45.5 Å². The number of hydrogen-bond acceptors (Lipinski definition) is 4. The van der Waals surface area contributed by atoms with Gasteiger partial charge in [-0.3, -0.25) is 9.52 Å². The predicted octanol–water partition coefficient (Wildman–Crippen LogP) is 3.51. The first-order valence-corrected chi connectivity index (χ1v) is 10.6. The second-order valence-corrected chi connectivity index (χ2v) is 8.75. The van der Waals surface area contributed by atoms with Crippen molar-refractivity contribution in [1.29, 1.82) is 0 Å². The molecule has 1 heterocycles. The Hall–Kier alpha value is -1.68. The molecule has 0 aliphatic carbocycles. The second kappa shape index (κ2) is 8.14. The molecule has 0 saturated carbocycles. The van der Waals surface area contributed by atoms with E-state index in [0.29, 0.717) is 26.3 Å². The lowest BCUT2D eigenvalue weighted by molar-refractivity contribution is 0.0303. The van der Waals surface area contributed by atoms with E-state index in [0.717, 1.165) is 6.07 Å². The molecule has 6 nitrogen and oxygen atoms in total. The maximum absolute atomic E-state index is 13.7. The SMILES string of the molecule is O=C(c1ccc(Cl)cc1NS(=O)(=O)c1ccc(Br)c(F)c1)N1CCOCC1. The Morgan fingerprint density at radius 1 is 1.19 bits per heavy atom. The van der Waals surface area contributed by atoms with Crippen LogP contribution in [0.1, 0.15) is 10.4 Å².